The van der Waals surface area contributed by atoms with E-state index in [4.69, 9.17) is 4.74 Å². The molecule has 0 radical (unpaired) electrons. The Kier molecular flexibility index (Phi) is 7.24. The summed E-state index contributed by atoms with van der Waals surface area (Å²) in [5.41, 5.74) is 0.253. The number of hydrogen-bond acceptors (Lipinski definition) is 2. The number of rotatable bonds is 6. The first-order valence-electron chi connectivity index (χ1n) is 6.68. The van der Waals surface area contributed by atoms with E-state index in [1.54, 1.807) is 0 Å². The Morgan fingerprint density at radius 2 is 1.82 bits per heavy atom. The summed E-state index contributed by atoms with van der Waals surface area (Å²) in [4.78, 5) is 13.6. The molecule has 0 fully saturated rings. The zero-order valence-electron chi connectivity index (χ0n) is 12.4. The summed E-state index contributed by atoms with van der Waals surface area (Å²) in [6, 6.07) is 0. The van der Waals surface area contributed by atoms with E-state index in [9.17, 15) is 4.79 Å². The Hall–Kier alpha value is -0.730. The third kappa shape index (κ3) is 9.02. The zero-order valence-corrected chi connectivity index (χ0v) is 12.4. The molecule has 3 heteroatoms. The molecule has 0 atom stereocenters. The summed E-state index contributed by atoms with van der Waals surface area (Å²) >= 11 is 0. The smallest absolute Gasteiger partial charge is 0.409 e. The summed E-state index contributed by atoms with van der Waals surface area (Å²) in [5.74, 6) is 0.613. The van der Waals surface area contributed by atoms with Crippen LogP contribution < -0.4 is 0 Å². The van der Waals surface area contributed by atoms with Gasteiger partial charge >= 0.3 is 6.09 Å². The molecule has 0 unspecified atom stereocenters. The fourth-order valence-corrected chi connectivity index (χ4v) is 1.39. The van der Waals surface area contributed by atoms with Gasteiger partial charge < -0.3 is 9.64 Å². The van der Waals surface area contributed by atoms with Crippen LogP contribution in [0.5, 0.6) is 0 Å². The molecule has 0 rings (SSSR count). The molecule has 0 bridgehead atoms. The summed E-state index contributed by atoms with van der Waals surface area (Å²) in [5, 5.41) is 0. The molecule has 0 spiro atoms. The molecule has 0 aromatic carbocycles. The second kappa shape index (κ2) is 7.57. The molecule has 0 N–H and O–H groups in total. The summed E-state index contributed by atoms with van der Waals surface area (Å²) in [6.45, 7) is 14.8. The molecule has 17 heavy (non-hydrogen) atoms. The maximum Gasteiger partial charge on any atom is 0.409 e. The standard InChI is InChI=1S/C14H29NO2/c1-7-17-13(16)15(10-8-12(2)3)11-9-14(4,5)6/h12H,7-11H2,1-6H3. The highest BCUT2D eigenvalue weighted by Crippen LogP contribution is 2.19. The summed E-state index contributed by atoms with van der Waals surface area (Å²) < 4.78 is 5.09. The van der Waals surface area contributed by atoms with Gasteiger partial charge in [-0.2, -0.15) is 0 Å². The number of nitrogens with zero attached hydrogens (tertiary/aromatic N) is 1. The van der Waals surface area contributed by atoms with E-state index >= 15 is 0 Å². The van der Waals surface area contributed by atoms with Crippen LogP contribution >= 0.6 is 0 Å². The van der Waals surface area contributed by atoms with Gasteiger partial charge in [0, 0.05) is 13.1 Å². The van der Waals surface area contributed by atoms with Crippen LogP contribution in [0.3, 0.4) is 0 Å². The van der Waals surface area contributed by atoms with E-state index in [-0.39, 0.29) is 11.5 Å². The number of hydrogen-bond donors (Lipinski definition) is 0. The number of carbonyl (C=O) groups excluding carboxylic acids is 1. The van der Waals surface area contributed by atoms with Crippen molar-refractivity contribution < 1.29 is 9.53 Å². The molecule has 3 nitrogen and oxygen atoms in total. The zero-order chi connectivity index (χ0) is 13.5. The van der Waals surface area contributed by atoms with Gasteiger partial charge in [-0.15, -0.1) is 0 Å². The van der Waals surface area contributed by atoms with Crippen LogP contribution in [0.1, 0.15) is 54.4 Å². The summed E-state index contributed by atoms with van der Waals surface area (Å²) in [7, 11) is 0. The van der Waals surface area contributed by atoms with Gasteiger partial charge in [0.2, 0.25) is 0 Å². The molecule has 0 heterocycles. The minimum absolute atomic E-state index is 0.169. The van der Waals surface area contributed by atoms with Crippen molar-refractivity contribution in [2.75, 3.05) is 19.7 Å². The third-order valence-corrected chi connectivity index (χ3v) is 2.63. The molecule has 1 amide bonds. The highest BCUT2D eigenvalue weighted by atomic mass is 16.6. The second-order valence-electron chi connectivity index (χ2n) is 6.18. The SMILES string of the molecule is CCOC(=O)N(CCC(C)C)CCC(C)(C)C. The second-order valence-corrected chi connectivity index (χ2v) is 6.18. The van der Waals surface area contributed by atoms with Gasteiger partial charge in [0.1, 0.15) is 0 Å². The predicted molar refractivity (Wildman–Crippen MR) is 72.1 cm³/mol. The van der Waals surface area contributed by atoms with E-state index in [2.05, 4.69) is 34.6 Å². The van der Waals surface area contributed by atoms with Gasteiger partial charge in [0.15, 0.2) is 0 Å². The predicted octanol–water partition coefficient (Wildman–Crippen LogP) is 3.93. The van der Waals surface area contributed by atoms with Gasteiger partial charge in [-0.25, -0.2) is 4.79 Å². The van der Waals surface area contributed by atoms with Crippen molar-refractivity contribution in [1.82, 2.24) is 4.90 Å². The highest BCUT2D eigenvalue weighted by molar-refractivity contribution is 5.67. The molecule has 0 aliphatic heterocycles. The van der Waals surface area contributed by atoms with Crippen LogP contribution in [-0.2, 0) is 4.74 Å². The topological polar surface area (TPSA) is 29.5 Å². The van der Waals surface area contributed by atoms with Crippen molar-refractivity contribution in [2.24, 2.45) is 11.3 Å². The molecule has 0 saturated carbocycles. The van der Waals surface area contributed by atoms with Crippen molar-refractivity contribution in [1.29, 1.82) is 0 Å². The normalized spacial score (nSPS) is 11.7. The van der Waals surface area contributed by atoms with Crippen LogP contribution in [0.15, 0.2) is 0 Å². The lowest BCUT2D eigenvalue weighted by molar-refractivity contribution is 0.101. The molecule has 0 aromatic rings. The molecular weight excluding hydrogens is 214 g/mol. The lowest BCUT2D eigenvalue weighted by Gasteiger charge is -2.26. The average molecular weight is 243 g/mol. The first kappa shape index (κ1) is 16.3. The Balaban J connectivity index is 4.24. The number of carbonyl (C=O) groups is 1. The van der Waals surface area contributed by atoms with Crippen molar-refractivity contribution in [3.05, 3.63) is 0 Å². The highest BCUT2D eigenvalue weighted by Gasteiger charge is 2.18. The van der Waals surface area contributed by atoms with Crippen LogP contribution in [-0.4, -0.2) is 30.7 Å². The van der Waals surface area contributed by atoms with Gasteiger partial charge in [-0.05, 0) is 31.1 Å². The monoisotopic (exact) mass is 243 g/mol. The minimum Gasteiger partial charge on any atom is -0.450 e. The van der Waals surface area contributed by atoms with Gasteiger partial charge in [-0.1, -0.05) is 34.6 Å². The molecule has 0 aromatic heterocycles. The minimum atomic E-state index is -0.169. The van der Waals surface area contributed by atoms with E-state index in [0.29, 0.717) is 12.5 Å². The van der Waals surface area contributed by atoms with Crippen molar-refractivity contribution in [2.45, 2.75) is 54.4 Å². The molecule has 0 saturated heterocycles. The maximum absolute atomic E-state index is 11.8. The van der Waals surface area contributed by atoms with Gasteiger partial charge in [0.05, 0.1) is 6.61 Å². The van der Waals surface area contributed by atoms with Crippen molar-refractivity contribution >= 4 is 6.09 Å². The Bertz CT molecular complexity index is 219. The molecule has 0 aliphatic carbocycles. The molecule has 0 aliphatic rings. The maximum atomic E-state index is 11.8. The van der Waals surface area contributed by atoms with Gasteiger partial charge in [-0.3, -0.25) is 0 Å². The lowest BCUT2D eigenvalue weighted by atomic mass is 9.92. The quantitative estimate of drug-likeness (QED) is 0.707. The molecular formula is C14H29NO2. The van der Waals surface area contributed by atoms with E-state index in [0.717, 1.165) is 25.9 Å². The lowest BCUT2D eigenvalue weighted by Crippen LogP contribution is -2.35. The summed E-state index contributed by atoms with van der Waals surface area (Å²) in [6.07, 6.45) is 1.87. The Labute approximate surface area is 107 Å². The number of ether oxygens (including phenoxy) is 1. The average Bonchev–Trinajstić information content (AvgIpc) is 2.15. The Morgan fingerprint density at radius 3 is 2.24 bits per heavy atom. The first-order valence-corrected chi connectivity index (χ1v) is 6.68. The van der Waals surface area contributed by atoms with Crippen molar-refractivity contribution in [3.8, 4) is 0 Å². The first-order chi connectivity index (χ1) is 7.76. The number of amides is 1. The van der Waals surface area contributed by atoms with E-state index < -0.39 is 0 Å². The largest absolute Gasteiger partial charge is 0.450 e. The van der Waals surface area contributed by atoms with E-state index in [1.807, 2.05) is 11.8 Å². The van der Waals surface area contributed by atoms with Crippen LogP contribution in [0.2, 0.25) is 0 Å². The van der Waals surface area contributed by atoms with Crippen LogP contribution in [0.25, 0.3) is 0 Å². The fraction of sp³-hybridized carbons (Fsp3) is 0.929. The Morgan fingerprint density at radius 1 is 1.24 bits per heavy atom. The van der Waals surface area contributed by atoms with Gasteiger partial charge in [0.25, 0.3) is 0 Å². The third-order valence-electron chi connectivity index (χ3n) is 2.63. The fourth-order valence-electron chi connectivity index (χ4n) is 1.39. The van der Waals surface area contributed by atoms with Crippen LogP contribution in [0, 0.1) is 11.3 Å². The van der Waals surface area contributed by atoms with Crippen LogP contribution in [0.4, 0.5) is 4.79 Å². The van der Waals surface area contributed by atoms with Crippen molar-refractivity contribution in [3.63, 3.8) is 0 Å². The van der Waals surface area contributed by atoms with E-state index in [1.165, 1.54) is 0 Å². The molecule has 102 valence electrons.